The zero-order valence-electron chi connectivity index (χ0n) is 19.6. The molecule has 1 atom stereocenters. The van der Waals surface area contributed by atoms with E-state index in [4.69, 9.17) is 0 Å². The first-order valence-electron chi connectivity index (χ1n) is 11.5. The molecule has 2 N–H and O–H groups in total. The van der Waals surface area contributed by atoms with Crippen molar-refractivity contribution in [2.45, 2.75) is 83.1 Å². The molecule has 1 unspecified atom stereocenters. The van der Waals surface area contributed by atoms with Crippen LogP contribution in [0.2, 0.25) is 0 Å². The van der Waals surface area contributed by atoms with E-state index in [-0.39, 0.29) is 0 Å². The maximum absolute atomic E-state index is 12.0. The summed E-state index contributed by atoms with van der Waals surface area (Å²) in [5.41, 5.74) is 2.48. The highest BCUT2D eigenvalue weighted by Gasteiger charge is 2.27. The summed E-state index contributed by atoms with van der Waals surface area (Å²) in [5.74, 6) is 1.44. The van der Waals surface area contributed by atoms with Crippen LogP contribution in [-0.2, 0) is 26.5 Å². The Morgan fingerprint density at radius 2 is 1.32 bits per heavy atom. The summed E-state index contributed by atoms with van der Waals surface area (Å²) >= 11 is 0. The molecule has 2 rings (SSSR count). The fourth-order valence-electron chi connectivity index (χ4n) is 4.06. The van der Waals surface area contributed by atoms with Crippen molar-refractivity contribution in [1.29, 1.82) is 0 Å². The van der Waals surface area contributed by atoms with Crippen LogP contribution >= 0.6 is 0 Å². The lowest BCUT2D eigenvalue weighted by Crippen LogP contribution is -2.36. The Morgan fingerprint density at radius 3 is 1.84 bits per heavy atom. The molecule has 31 heavy (non-hydrogen) atoms. The van der Waals surface area contributed by atoms with E-state index in [9.17, 15) is 16.8 Å². The van der Waals surface area contributed by atoms with Crippen molar-refractivity contribution in [3.63, 3.8) is 0 Å². The molecule has 6 nitrogen and oxygen atoms in total. The van der Waals surface area contributed by atoms with Gasteiger partial charge in [0.2, 0.25) is 20.0 Å². The molecule has 0 radical (unpaired) electrons. The predicted molar refractivity (Wildman–Crippen MR) is 128 cm³/mol. The number of hydrogen-bond donors (Lipinski definition) is 2. The third kappa shape index (κ3) is 7.84. The number of benzene rings is 1. The lowest BCUT2D eigenvalue weighted by Gasteiger charge is -2.32. The maximum atomic E-state index is 12.0. The van der Waals surface area contributed by atoms with Crippen LogP contribution in [0, 0.1) is 11.8 Å². The van der Waals surface area contributed by atoms with Gasteiger partial charge in [-0.05, 0) is 88.7 Å². The van der Waals surface area contributed by atoms with Gasteiger partial charge in [-0.1, -0.05) is 31.2 Å². The number of sulfonamides is 2. The molecule has 1 fully saturated rings. The van der Waals surface area contributed by atoms with Crippen LogP contribution in [0.1, 0.15) is 77.3 Å². The van der Waals surface area contributed by atoms with Gasteiger partial charge in [0.15, 0.2) is 0 Å². The summed E-state index contributed by atoms with van der Waals surface area (Å²) in [6.07, 6.45) is 5.17. The Labute approximate surface area is 189 Å². The molecule has 178 valence electrons. The van der Waals surface area contributed by atoms with Gasteiger partial charge in [0.1, 0.15) is 0 Å². The zero-order chi connectivity index (χ0) is 23.2. The van der Waals surface area contributed by atoms with Crippen molar-refractivity contribution in [2.24, 2.45) is 11.8 Å². The summed E-state index contributed by atoms with van der Waals surface area (Å²) in [4.78, 5) is 0. The van der Waals surface area contributed by atoms with E-state index in [0.717, 1.165) is 31.2 Å². The highest BCUT2D eigenvalue weighted by molar-refractivity contribution is 7.90. The molecular formula is C23H40N2O4S2. The van der Waals surface area contributed by atoms with Crippen molar-refractivity contribution in [2.75, 3.05) is 13.1 Å². The number of hydrogen-bond acceptors (Lipinski definition) is 4. The van der Waals surface area contributed by atoms with Crippen molar-refractivity contribution < 1.29 is 16.8 Å². The summed E-state index contributed by atoms with van der Waals surface area (Å²) < 4.78 is 53.0. The van der Waals surface area contributed by atoms with Crippen molar-refractivity contribution in [3.05, 3.63) is 35.4 Å². The second-order valence-corrected chi connectivity index (χ2v) is 14.2. The second kappa shape index (κ2) is 11.3. The van der Waals surface area contributed by atoms with Crippen LogP contribution in [0.25, 0.3) is 0 Å². The van der Waals surface area contributed by atoms with Gasteiger partial charge in [-0.25, -0.2) is 26.3 Å². The van der Waals surface area contributed by atoms with Gasteiger partial charge in [-0.2, -0.15) is 0 Å². The van der Waals surface area contributed by atoms with E-state index in [2.05, 4.69) is 40.6 Å². The van der Waals surface area contributed by atoms with E-state index >= 15 is 0 Å². The molecule has 1 aromatic carbocycles. The van der Waals surface area contributed by atoms with Gasteiger partial charge in [0.05, 0.1) is 10.5 Å². The lowest BCUT2D eigenvalue weighted by molar-refractivity contribution is 0.246. The molecule has 0 aliphatic heterocycles. The minimum Gasteiger partial charge on any atom is -0.215 e. The van der Waals surface area contributed by atoms with Gasteiger partial charge in [0.25, 0.3) is 0 Å². The third-order valence-electron chi connectivity index (χ3n) is 6.59. The van der Waals surface area contributed by atoms with Gasteiger partial charge >= 0.3 is 0 Å². The number of nitrogens with one attached hydrogen (secondary N) is 2. The van der Waals surface area contributed by atoms with E-state index in [1.54, 1.807) is 27.7 Å². The Hall–Kier alpha value is -0.960. The van der Waals surface area contributed by atoms with E-state index < -0.39 is 30.5 Å². The first kappa shape index (κ1) is 26.3. The standard InChI is InChI=1S/C23H40N2O4S2/c1-17(2)30(26,27)24-15-14-20-6-8-22(9-7-20)23-12-10-21(11-13-23)19(5)16-25-31(28,29)18(3)4/h6-9,17-19,21,23-25H,10-16H2,1-5H3. The van der Waals surface area contributed by atoms with Crippen molar-refractivity contribution in [3.8, 4) is 0 Å². The third-order valence-corrected chi connectivity index (χ3v) is 10.3. The SMILES string of the molecule is CC(CNS(=O)(=O)C(C)C)C1CCC(c2ccc(CCNS(=O)(=O)C(C)C)cc2)CC1. The number of rotatable bonds is 11. The zero-order valence-corrected chi connectivity index (χ0v) is 21.2. The summed E-state index contributed by atoms with van der Waals surface area (Å²) in [6.45, 7) is 9.85. The topological polar surface area (TPSA) is 92.3 Å². The van der Waals surface area contributed by atoms with E-state index in [0.29, 0.717) is 37.3 Å². The molecule has 1 saturated carbocycles. The Bertz CT molecular complexity index is 886. The largest absolute Gasteiger partial charge is 0.215 e. The quantitative estimate of drug-likeness (QED) is 0.512. The second-order valence-electron chi connectivity index (χ2n) is 9.51. The minimum atomic E-state index is -3.21. The van der Waals surface area contributed by atoms with Gasteiger partial charge in [-0.15, -0.1) is 0 Å². The Balaban J connectivity index is 1.79. The molecule has 0 spiro atoms. The van der Waals surface area contributed by atoms with Crippen LogP contribution in [0.4, 0.5) is 0 Å². The van der Waals surface area contributed by atoms with Crippen LogP contribution in [-0.4, -0.2) is 40.4 Å². The lowest BCUT2D eigenvalue weighted by atomic mass is 9.74. The molecule has 1 aliphatic carbocycles. The molecule has 0 aromatic heterocycles. The first-order chi connectivity index (χ1) is 14.4. The monoisotopic (exact) mass is 472 g/mol. The predicted octanol–water partition coefficient (Wildman–Crippen LogP) is 3.79. The Kier molecular flexibility index (Phi) is 9.55. The van der Waals surface area contributed by atoms with Gasteiger partial charge in [0, 0.05) is 13.1 Å². The highest BCUT2D eigenvalue weighted by atomic mass is 32.2. The van der Waals surface area contributed by atoms with Crippen LogP contribution < -0.4 is 9.44 Å². The first-order valence-corrected chi connectivity index (χ1v) is 14.6. The van der Waals surface area contributed by atoms with Crippen LogP contribution in [0.15, 0.2) is 24.3 Å². The fourth-order valence-corrected chi connectivity index (χ4v) is 5.61. The minimum absolute atomic E-state index is 0.339. The molecule has 0 heterocycles. The average molecular weight is 473 g/mol. The molecule has 0 saturated heterocycles. The smallest absolute Gasteiger partial charge is 0.213 e. The average Bonchev–Trinajstić information content (AvgIpc) is 2.72. The van der Waals surface area contributed by atoms with Crippen molar-refractivity contribution in [1.82, 2.24) is 9.44 Å². The highest BCUT2D eigenvalue weighted by Crippen LogP contribution is 2.38. The molecule has 1 aliphatic rings. The molecule has 0 bridgehead atoms. The van der Waals surface area contributed by atoms with Gasteiger partial charge < -0.3 is 0 Å². The normalized spacial score (nSPS) is 21.5. The molecule has 0 amide bonds. The van der Waals surface area contributed by atoms with Crippen LogP contribution in [0.5, 0.6) is 0 Å². The van der Waals surface area contributed by atoms with E-state index in [1.807, 2.05) is 0 Å². The summed E-state index contributed by atoms with van der Waals surface area (Å²) in [6, 6.07) is 8.57. The molecule has 8 heteroatoms. The fraction of sp³-hybridized carbons (Fsp3) is 0.739. The maximum Gasteiger partial charge on any atom is 0.213 e. The molecule has 1 aromatic rings. The van der Waals surface area contributed by atoms with Crippen LogP contribution in [0.3, 0.4) is 0 Å². The van der Waals surface area contributed by atoms with Crippen molar-refractivity contribution >= 4 is 20.0 Å². The molecular weight excluding hydrogens is 432 g/mol. The summed E-state index contributed by atoms with van der Waals surface area (Å²) in [7, 11) is -6.41. The van der Waals surface area contributed by atoms with E-state index in [1.165, 1.54) is 5.56 Å². The Morgan fingerprint density at radius 1 is 0.806 bits per heavy atom. The summed E-state index contributed by atoms with van der Waals surface area (Å²) in [5, 5.41) is -0.808. The van der Waals surface area contributed by atoms with Gasteiger partial charge in [-0.3, -0.25) is 0 Å².